The molecule has 0 fully saturated rings. The van der Waals surface area contributed by atoms with Gasteiger partial charge < -0.3 is 14.8 Å². The van der Waals surface area contributed by atoms with Crippen molar-refractivity contribution < 1.29 is 22.6 Å². The van der Waals surface area contributed by atoms with Gasteiger partial charge >= 0.3 is 6.36 Å². The number of ether oxygens (including phenoxy) is 2. The van der Waals surface area contributed by atoms with Crippen LogP contribution < -0.4 is 14.8 Å². The average molecular weight is 488 g/mol. The van der Waals surface area contributed by atoms with E-state index in [9.17, 15) is 13.2 Å². The Morgan fingerprint density at radius 1 is 0.806 bits per heavy atom. The Kier molecular flexibility index (Phi) is 6.36. The molecule has 180 valence electrons. The van der Waals surface area contributed by atoms with E-state index >= 15 is 0 Å². The van der Waals surface area contributed by atoms with E-state index in [1.165, 1.54) is 18.2 Å². The van der Waals surface area contributed by atoms with Gasteiger partial charge in [0.05, 0.1) is 5.52 Å². The van der Waals surface area contributed by atoms with E-state index in [1.54, 1.807) is 30.6 Å². The van der Waals surface area contributed by atoms with Crippen LogP contribution in [-0.4, -0.2) is 21.3 Å². The second-order valence-corrected chi connectivity index (χ2v) is 7.79. The Morgan fingerprint density at radius 2 is 1.67 bits per heavy atom. The summed E-state index contributed by atoms with van der Waals surface area (Å²) in [5.74, 6) is 1.07. The lowest BCUT2D eigenvalue weighted by molar-refractivity contribution is -0.274. The first-order valence-corrected chi connectivity index (χ1v) is 10.9. The molecule has 2 aromatic heterocycles. The van der Waals surface area contributed by atoms with Crippen LogP contribution in [-0.2, 0) is 6.61 Å². The zero-order chi connectivity index (χ0) is 25.0. The fourth-order valence-corrected chi connectivity index (χ4v) is 3.57. The number of anilines is 2. The third kappa shape index (κ3) is 5.69. The number of hydrogen-bond acceptors (Lipinski definition) is 6. The summed E-state index contributed by atoms with van der Waals surface area (Å²) in [6, 6.07) is 24.3. The maximum Gasteiger partial charge on any atom is 0.573 e. The highest BCUT2D eigenvalue weighted by molar-refractivity contribution is 5.93. The predicted octanol–water partition coefficient (Wildman–Crippen LogP) is 6.91. The predicted molar refractivity (Wildman–Crippen MR) is 130 cm³/mol. The van der Waals surface area contributed by atoms with Crippen LogP contribution in [0.3, 0.4) is 0 Å². The maximum atomic E-state index is 12.7. The Morgan fingerprint density at radius 3 is 2.44 bits per heavy atom. The molecule has 0 radical (unpaired) electrons. The lowest BCUT2D eigenvalue weighted by atomic mass is 10.2. The SMILES string of the molecule is FC(F)(F)Oc1cccc(Nc2nc(-c3cccnc3)nc3ccc(OCc4ccccc4)cc23)c1. The molecule has 0 amide bonds. The Bertz CT molecular complexity index is 1480. The zero-order valence-corrected chi connectivity index (χ0v) is 18.7. The molecule has 2 heterocycles. The van der Waals surface area contributed by atoms with E-state index in [4.69, 9.17) is 4.74 Å². The van der Waals surface area contributed by atoms with Gasteiger partial charge in [0.2, 0.25) is 0 Å². The minimum absolute atomic E-state index is 0.342. The number of fused-ring (bicyclic) bond motifs is 1. The van der Waals surface area contributed by atoms with Gasteiger partial charge in [0.15, 0.2) is 5.82 Å². The van der Waals surface area contributed by atoms with Gasteiger partial charge in [0.1, 0.15) is 23.9 Å². The normalized spacial score (nSPS) is 11.3. The smallest absolute Gasteiger partial charge is 0.489 e. The van der Waals surface area contributed by atoms with Gasteiger partial charge in [-0.3, -0.25) is 4.98 Å². The van der Waals surface area contributed by atoms with Crippen molar-refractivity contribution in [3.05, 3.63) is 103 Å². The minimum Gasteiger partial charge on any atom is -0.489 e. The molecule has 0 bridgehead atoms. The molecular formula is C27H19F3N4O2. The fraction of sp³-hybridized carbons (Fsp3) is 0.0741. The topological polar surface area (TPSA) is 69.2 Å². The molecule has 0 saturated heterocycles. The molecule has 6 nitrogen and oxygen atoms in total. The number of hydrogen-bond donors (Lipinski definition) is 1. The average Bonchev–Trinajstić information content (AvgIpc) is 2.88. The number of alkyl halides is 3. The van der Waals surface area contributed by atoms with E-state index in [0.717, 1.165) is 5.56 Å². The van der Waals surface area contributed by atoms with Crippen LogP contribution in [0.4, 0.5) is 24.7 Å². The summed E-state index contributed by atoms with van der Waals surface area (Å²) < 4.78 is 48.1. The molecule has 9 heteroatoms. The first-order chi connectivity index (χ1) is 17.4. The lowest BCUT2D eigenvalue weighted by Gasteiger charge is -2.14. The van der Waals surface area contributed by atoms with E-state index < -0.39 is 6.36 Å². The van der Waals surface area contributed by atoms with Crippen molar-refractivity contribution in [1.29, 1.82) is 0 Å². The molecule has 0 atom stereocenters. The number of aromatic nitrogens is 3. The number of halogens is 3. The second kappa shape index (κ2) is 9.91. The second-order valence-electron chi connectivity index (χ2n) is 7.79. The molecule has 5 aromatic rings. The van der Waals surface area contributed by atoms with Crippen molar-refractivity contribution in [2.24, 2.45) is 0 Å². The first-order valence-electron chi connectivity index (χ1n) is 10.9. The maximum absolute atomic E-state index is 12.7. The fourth-order valence-electron chi connectivity index (χ4n) is 3.57. The van der Waals surface area contributed by atoms with Gasteiger partial charge in [0, 0.05) is 35.1 Å². The van der Waals surface area contributed by atoms with Crippen LogP contribution in [0.15, 0.2) is 97.3 Å². The number of pyridine rings is 1. The van der Waals surface area contributed by atoms with E-state index in [0.29, 0.717) is 46.2 Å². The van der Waals surface area contributed by atoms with Gasteiger partial charge in [-0.25, -0.2) is 9.97 Å². The molecule has 1 N–H and O–H groups in total. The highest BCUT2D eigenvalue weighted by Gasteiger charge is 2.31. The van der Waals surface area contributed by atoms with Crippen LogP contribution in [0.2, 0.25) is 0 Å². The third-order valence-electron chi connectivity index (χ3n) is 5.17. The van der Waals surface area contributed by atoms with Crippen molar-refractivity contribution in [2.75, 3.05) is 5.32 Å². The minimum atomic E-state index is -4.79. The van der Waals surface area contributed by atoms with Crippen molar-refractivity contribution in [1.82, 2.24) is 15.0 Å². The molecule has 3 aromatic carbocycles. The molecule has 0 spiro atoms. The number of nitrogens with zero attached hydrogens (tertiary/aromatic N) is 3. The van der Waals surface area contributed by atoms with Gasteiger partial charge in [-0.1, -0.05) is 36.4 Å². The van der Waals surface area contributed by atoms with Crippen LogP contribution in [0.1, 0.15) is 5.56 Å². The standard InChI is InChI=1S/C27H19F3N4O2/c28-27(29,30)36-22-10-4-9-20(14-22)32-26-23-15-21(35-17-18-6-2-1-3-7-18)11-12-24(23)33-25(34-26)19-8-5-13-31-16-19/h1-16H,17H2,(H,32,33,34). The summed E-state index contributed by atoms with van der Waals surface area (Å²) in [5, 5.41) is 3.74. The summed E-state index contributed by atoms with van der Waals surface area (Å²) >= 11 is 0. The summed E-state index contributed by atoms with van der Waals surface area (Å²) in [7, 11) is 0. The van der Waals surface area contributed by atoms with Crippen molar-refractivity contribution in [3.8, 4) is 22.9 Å². The van der Waals surface area contributed by atoms with Crippen molar-refractivity contribution in [2.45, 2.75) is 13.0 Å². The molecule has 5 rings (SSSR count). The molecule has 0 aliphatic carbocycles. The summed E-state index contributed by atoms with van der Waals surface area (Å²) in [5.41, 5.74) is 2.70. The molecule has 0 unspecified atom stereocenters. The molecule has 36 heavy (non-hydrogen) atoms. The van der Waals surface area contributed by atoms with Gasteiger partial charge in [0.25, 0.3) is 0 Å². The van der Waals surface area contributed by atoms with E-state index in [2.05, 4.69) is 25.0 Å². The largest absolute Gasteiger partial charge is 0.573 e. The molecule has 0 aliphatic rings. The van der Waals surface area contributed by atoms with Crippen LogP contribution in [0.5, 0.6) is 11.5 Å². The quantitative estimate of drug-likeness (QED) is 0.268. The molecule has 0 saturated carbocycles. The summed E-state index contributed by atoms with van der Waals surface area (Å²) in [6.45, 7) is 0.376. The Labute approximate surface area is 204 Å². The Balaban J connectivity index is 1.52. The lowest BCUT2D eigenvalue weighted by Crippen LogP contribution is -2.17. The first kappa shape index (κ1) is 23.1. The highest BCUT2D eigenvalue weighted by atomic mass is 19.4. The van der Waals surface area contributed by atoms with Crippen LogP contribution in [0.25, 0.3) is 22.3 Å². The number of benzene rings is 3. The van der Waals surface area contributed by atoms with Crippen molar-refractivity contribution in [3.63, 3.8) is 0 Å². The number of nitrogens with one attached hydrogen (secondary N) is 1. The summed E-state index contributed by atoms with van der Waals surface area (Å²) in [4.78, 5) is 13.4. The molecular weight excluding hydrogens is 469 g/mol. The van der Waals surface area contributed by atoms with Gasteiger partial charge in [-0.05, 0) is 48.0 Å². The van der Waals surface area contributed by atoms with E-state index in [-0.39, 0.29) is 5.75 Å². The molecule has 0 aliphatic heterocycles. The van der Waals surface area contributed by atoms with Crippen LogP contribution >= 0.6 is 0 Å². The van der Waals surface area contributed by atoms with Crippen molar-refractivity contribution >= 4 is 22.4 Å². The summed E-state index contributed by atoms with van der Waals surface area (Å²) in [6.07, 6.45) is -1.51. The third-order valence-corrected chi connectivity index (χ3v) is 5.17. The monoisotopic (exact) mass is 488 g/mol. The zero-order valence-electron chi connectivity index (χ0n) is 18.7. The Hall–Kier alpha value is -4.66. The highest BCUT2D eigenvalue weighted by Crippen LogP contribution is 2.32. The number of rotatable bonds is 7. The van der Waals surface area contributed by atoms with Gasteiger partial charge in [-0.2, -0.15) is 0 Å². The van der Waals surface area contributed by atoms with Crippen LogP contribution in [0, 0.1) is 0 Å². The van der Waals surface area contributed by atoms with E-state index in [1.807, 2.05) is 48.5 Å². The van der Waals surface area contributed by atoms with Gasteiger partial charge in [-0.15, -0.1) is 13.2 Å².